The molecule has 0 aliphatic rings. The van der Waals surface area contributed by atoms with Crippen molar-refractivity contribution in [1.29, 1.82) is 0 Å². The average Bonchev–Trinajstić information content (AvgIpc) is 2.73. The zero-order valence-electron chi connectivity index (χ0n) is 20.0. The van der Waals surface area contributed by atoms with Crippen LogP contribution in [-0.2, 0) is 4.79 Å². The van der Waals surface area contributed by atoms with Crippen LogP contribution in [0.3, 0.4) is 0 Å². The minimum Gasteiger partial charge on any atom is -0.481 e. The van der Waals surface area contributed by atoms with E-state index in [0.29, 0.717) is 6.42 Å². The van der Waals surface area contributed by atoms with E-state index >= 15 is 0 Å². The SMILES string of the molecule is CCC=CCC=CCC=CCCCCCCCCCCCCCCCCCC(=O)O. The summed E-state index contributed by atoms with van der Waals surface area (Å²) in [6, 6.07) is 0. The third kappa shape index (κ3) is 26.7. The molecule has 0 amide bonds. The average molecular weight is 419 g/mol. The summed E-state index contributed by atoms with van der Waals surface area (Å²) in [5, 5.41) is 8.59. The van der Waals surface area contributed by atoms with Gasteiger partial charge in [-0.25, -0.2) is 0 Å². The molecule has 2 heteroatoms. The van der Waals surface area contributed by atoms with Crippen LogP contribution in [0.4, 0.5) is 0 Å². The summed E-state index contributed by atoms with van der Waals surface area (Å²) >= 11 is 0. The number of carbonyl (C=O) groups is 1. The van der Waals surface area contributed by atoms with Crippen molar-refractivity contribution in [3.05, 3.63) is 36.5 Å². The van der Waals surface area contributed by atoms with Gasteiger partial charge in [-0.15, -0.1) is 0 Å². The van der Waals surface area contributed by atoms with Crippen molar-refractivity contribution in [1.82, 2.24) is 0 Å². The molecule has 0 aliphatic carbocycles. The van der Waals surface area contributed by atoms with Gasteiger partial charge in [0.25, 0.3) is 0 Å². The van der Waals surface area contributed by atoms with Gasteiger partial charge in [-0.1, -0.05) is 127 Å². The topological polar surface area (TPSA) is 37.3 Å². The molecule has 0 bridgehead atoms. The van der Waals surface area contributed by atoms with Crippen LogP contribution < -0.4 is 0 Å². The van der Waals surface area contributed by atoms with E-state index in [4.69, 9.17) is 5.11 Å². The second-order valence-electron chi connectivity index (χ2n) is 8.53. The highest BCUT2D eigenvalue weighted by molar-refractivity contribution is 5.66. The highest BCUT2D eigenvalue weighted by atomic mass is 16.4. The Kier molecular flexibility index (Phi) is 24.6. The summed E-state index contributed by atoms with van der Waals surface area (Å²) in [5.41, 5.74) is 0. The second kappa shape index (κ2) is 25.7. The molecule has 1 N–H and O–H groups in total. The highest BCUT2D eigenvalue weighted by Gasteiger charge is 1.97. The Morgan fingerprint density at radius 2 is 0.900 bits per heavy atom. The summed E-state index contributed by atoms with van der Waals surface area (Å²) < 4.78 is 0. The second-order valence-corrected chi connectivity index (χ2v) is 8.53. The van der Waals surface area contributed by atoms with Gasteiger partial charge in [-0.05, 0) is 38.5 Å². The Hall–Kier alpha value is -1.31. The first kappa shape index (κ1) is 28.7. The van der Waals surface area contributed by atoms with Crippen molar-refractivity contribution in [2.24, 2.45) is 0 Å². The molecule has 0 aromatic carbocycles. The summed E-state index contributed by atoms with van der Waals surface area (Å²) in [7, 11) is 0. The molecule has 0 saturated heterocycles. The van der Waals surface area contributed by atoms with Gasteiger partial charge in [0.15, 0.2) is 0 Å². The van der Waals surface area contributed by atoms with E-state index in [0.717, 1.165) is 32.1 Å². The fourth-order valence-electron chi connectivity index (χ4n) is 3.66. The number of carboxylic acids is 1. The van der Waals surface area contributed by atoms with Crippen molar-refractivity contribution in [2.75, 3.05) is 0 Å². The van der Waals surface area contributed by atoms with E-state index < -0.39 is 5.97 Å². The lowest BCUT2D eigenvalue weighted by Crippen LogP contribution is -1.93. The zero-order valence-corrected chi connectivity index (χ0v) is 20.0. The summed E-state index contributed by atoms with van der Waals surface area (Å²) in [6.07, 6.45) is 38.1. The van der Waals surface area contributed by atoms with E-state index in [1.165, 1.54) is 89.9 Å². The summed E-state index contributed by atoms with van der Waals surface area (Å²) in [4.78, 5) is 10.4. The van der Waals surface area contributed by atoms with Crippen molar-refractivity contribution >= 4 is 5.97 Å². The Morgan fingerprint density at radius 1 is 0.533 bits per heavy atom. The van der Waals surface area contributed by atoms with Crippen LogP contribution in [0.15, 0.2) is 36.5 Å². The number of hydrogen-bond acceptors (Lipinski definition) is 1. The van der Waals surface area contributed by atoms with Crippen molar-refractivity contribution in [3.8, 4) is 0 Å². The monoisotopic (exact) mass is 418 g/mol. The minimum atomic E-state index is -0.655. The summed E-state index contributed by atoms with van der Waals surface area (Å²) in [5.74, 6) is -0.655. The van der Waals surface area contributed by atoms with Crippen LogP contribution in [0.25, 0.3) is 0 Å². The van der Waals surface area contributed by atoms with Crippen LogP contribution in [0, 0.1) is 0 Å². The van der Waals surface area contributed by atoms with Gasteiger partial charge in [-0.3, -0.25) is 4.79 Å². The maximum atomic E-state index is 10.4. The molecule has 30 heavy (non-hydrogen) atoms. The van der Waals surface area contributed by atoms with E-state index in [-0.39, 0.29) is 0 Å². The Labute approximate surface area is 187 Å². The third-order valence-corrected chi connectivity index (χ3v) is 5.54. The first-order valence-electron chi connectivity index (χ1n) is 12.9. The van der Waals surface area contributed by atoms with Crippen molar-refractivity contribution < 1.29 is 9.90 Å². The quantitative estimate of drug-likeness (QED) is 0.132. The molecule has 0 saturated carbocycles. The number of allylic oxidation sites excluding steroid dienone is 6. The molecule has 0 rings (SSSR count). The molecule has 0 atom stereocenters. The largest absolute Gasteiger partial charge is 0.481 e. The predicted octanol–water partition coefficient (Wildman–Crippen LogP) is 9.56. The molecule has 0 spiro atoms. The lowest BCUT2D eigenvalue weighted by Gasteiger charge is -2.03. The molecule has 0 radical (unpaired) electrons. The fourth-order valence-corrected chi connectivity index (χ4v) is 3.66. The van der Waals surface area contributed by atoms with E-state index in [1.54, 1.807) is 0 Å². The van der Waals surface area contributed by atoms with Crippen LogP contribution in [0.1, 0.15) is 135 Å². The first-order chi connectivity index (χ1) is 14.8. The smallest absolute Gasteiger partial charge is 0.303 e. The van der Waals surface area contributed by atoms with Crippen molar-refractivity contribution in [3.63, 3.8) is 0 Å². The predicted molar refractivity (Wildman–Crippen MR) is 133 cm³/mol. The molecule has 174 valence electrons. The third-order valence-electron chi connectivity index (χ3n) is 5.54. The maximum Gasteiger partial charge on any atom is 0.303 e. The molecule has 0 aliphatic heterocycles. The molecule has 0 unspecified atom stereocenters. The zero-order chi connectivity index (χ0) is 22.0. The van der Waals surface area contributed by atoms with Gasteiger partial charge in [-0.2, -0.15) is 0 Å². The van der Waals surface area contributed by atoms with Gasteiger partial charge < -0.3 is 5.11 Å². The number of hydrogen-bond donors (Lipinski definition) is 1. The Morgan fingerprint density at radius 3 is 1.33 bits per heavy atom. The van der Waals surface area contributed by atoms with E-state index in [9.17, 15) is 4.79 Å². The number of unbranched alkanes of at least 4 members (excludes halogenated alkanes) is 15. The molecule has 0 aromatic heterocycles. The van der Waals surface area contributed by atoms with Crippen LogP contribution >= 0.6 is 0 Å². The van der Waals surface area contributed by atoms with E-state index in [2.05, 4.69) is 43.4 Å². The van der Waals surface area contributed by atoms with Gasteiger partial charge in [0.05, 0.1) is 0 Å². The Balaban J connectivity index is 3.13. The lowest BCUT2D eigenvalue weighted by molar-refractivity contribution is -0.137. The Bertz CT molecular complexity index is 434. The van der Waals surface area contributed by atoms with Gasteiger partial charge in [0.2, 0.25) is 0 Å². The van der Waals surface area contributed by atoms with Crippen LogP contribution in [0.2, 0.25) is 0 Å². The molecular weight excluding hydrogens is 368 g/mol. The lowest BCUT2D eigenvalue weighted by atomic mass is 10.0. The molecule has 0 heterocycles. The molecule has 0 fully saturated rings. The normalized spacial score (nSPS) is 12.0. The summed E-state index contributed by atoms with van der Waals surface area (Å²) in [6.45, 7) is 2.17. The number of rotatable bonds is 23. The van der Waals surface area contributed by atoms with Gasteiger partial charge in [0.1, 0.15) is 0 Å². The van der Waals surface area contributed by atoms with Gasteiger partial charge in [0, 0.05) is 6.42 Å². The molecule has 2 nitrogen and oxygen atoms in total. The minimum absolute atomic E-state index is 0.340. The van der Waals surface area contributed by atoms with Crippen LogP contribution in [0.5, 0.6) is 0 Å². The van der Waals surface area contributed by atoms with Crippen LogP contribution in [-0.4, -0.2) is 11.1 Å². The van der Waals surface area contributed by atoms with Gasteiger partial charge >= 0.3 is 5.97 Å². The van der Waals surface area contributed by atoms with Crippen molar-refractivity contribution in [2.45, 2.75) is 135 Å². The highest BCUT2D eigenvalue weighted by Crippen LogP contribution is 2.14. The standard InChI is InChI=1S/C28H50O2/c1-2-3-4-5-6-7-8-9-10-11-12-13-14-15-16-17-18-19-20-21-22-23-24-25-26-27-28(29)30/h3-4,6-7,9-10H,2,5,8,11-27H2,1H3,(H,29,30). The molecular formula is C28H50O2. The number of aliphatic carboxylic acids is 1. The van der Waals surface area contributed by atoms with E-state index in [1.807, 2.05) is 0 Å². The maximum absolute atomic E-state index is 10.4. The first-order valence-corrected chi connectivity index (χ1v) is 12.9. The molecule has 0 aromatic rings. The fraction of sp³-hybridized carbons (Fsp3) is 0.750. The number of carboxylic acid groups (broad SMARTS) is 1.